The average Bonchev–Trinajstić information content (AvgIpc) is 2.45. The van der Waals surface area contributed by atoms with Crippen LogP contribution in [0.5, 0.6) is 11.6 Å². The van der Waals surface area contributed by atoms with Crippen LogP contribution in [0.1, 0.15) is 30.0 Å². The van der Waals surface area contributed by atoms with Crippen molar-refractivity contribution in [2.24, 2.45) is 5.73 Å². The Morgan fingerprint density at radius 1 is 1.29 bits per heavy atom. The molecule has 0 fully saturated rings. The number of rotatable bonds is 5. The van der Waals surface area contributed by atoms with E-state index in [0.29, 0.717) is 5.88 Å². The Morgan fingerprint density at radius 3 is 2.71 bits per heavy atom. The van der Waals surface area contributed by atoms with Gasteiger partial charge in [0.25, 0.3) is 0 Å². The van der Waals surface area contributed by atoms with Crippen molar-refractivity contribution in [2.75, 3.05) is 0 Å². The molecule has 0 saturated heterocycles. The van der Waals surface area contributed by atoms with Gasteiger partial charge in [-0.3, -0.25) is 0 Å². The Kier molecular flexibility index (Phi) is 4.91. The van der Waals surface area contributed by atoms with Crippen LogP contribution < -0.4 is 10.5 Å². The van der Waals surface area contributed by atoms with Gasteiger partial charge in [-0.1, -0.05) is 13.0 Å². The van der Waals surface area contributed by atoms with Gasteiger partial charge in [-0.15, -0.1) is 0 Å². The van der Waals surface area contributed by atoms with Gasteiger partial charge in [0.15, 0.2) is 11.6 Å². The van der Waals surface area contributed by atoms with Crippen LogP contribution >= 0.6 is 0 Å². The molecule has 2 aromatic rings. The molecule has 2 rings (SSSR count). The van der Waals surface area contributed by atoms with Crippen LogP contribution in [0.2, 0.25) is 0 Å². The molecule has 21 heavy (non-hydrogen) atoms. The van der Waals surface area contributed by atoms with Gasteiger partial charge in [0.2, 0.25) is 5.88 Å². The monoisotopic (exact) mass is 288 g/mol. The minimum atomic E-state index is -0.390. The zero-order chi connectivity index (χ0) is 15.4. The van der Waals surface area contributed by atoms with Gasteiger partial charge >= 0.3 is 0 Å². The largest absolute Gasteiger partial charge is 0.436 e. The number of hydrogen-bond acceptors (Lipinski definition) is 3. The molecule has 0 saturated carbocycles. The number of hydrogen-bond donors (Lipinski definition) is 1. The highest BCUT2D eigenvalue weighted by Gasteiger charge is 2.10. The maximum Gasteiger partial charge on any atom is 0.222 e. The molecule has 3 nitrogen and oxygen atoms in total. The van der Waals surface area contributed by atoms with E-state index in [1.165, 1.54) is 6.07 Å². The summed E-state index contributed by atoms with van der Waals surface area (Å²) in [6.07, 6.45) is 3.45. The van der Waals surface area contributed by atoms with E-state index >= 15 is 0 Å². The van der Waals surface area contributed by atoms with Crippen molar-refractivity contribution < 1.29 is 9.13 Å². The third kappa shape index (κ3) is 4.02. The summed E-state index contributed by atoms with van der Waals surface area (Å²) in [4.78, 5) is 4.29. The van der Waals surface area contributed by atoms with Gasteiger partial charge < -0.3 is 10.5 Å². The van der Waals surface area contributed by atoms with Crippen LogP contribution in [0, 0.1) is 19.7 Å². The normalized spacial score (nSPS) is 12.2. The maximum absolute atomic E-state index is 13.7. The van der Waals surface area contributed by atoms with Gasteiger partial charge in [0, 0.05) is 17.8 Å². The zero-order valence-electron chi connectivity index (χ0n) is 12.7. The lowest BCUT2D eigenvalue weighted by Crippen LogP contribution is -2.21. The zero-order valence-corrected chi connectivity index (χ0v) is 12.7. The van der Waals surface area contributed by atoms with Crippen molar-refractivity contribution in [1.82, 2.24) is 4.98 Å². The highest BCUT2D eigenvalue weighted by atomic mass is 19.1. The second-order valence-corrected chi connectivity index (χ2v) is 5.37. The van der Waals surface area contributed by atoms with Crippen LogP contribution in [0.3, 0.4) is 0 Å². The first-order valence-electron chi connectivity index (χ1n) is 7.14. The lowest BCUT2D eigenvalue weighted by Gasteiger charge is -2.12. The molecule has 1 aromatic heterocycles. The van der Waals surface area contributed by atoms with Crippen molar-refractivity contribution in [1.29, 1.82) is 0 Å². The lowest BCUT2D eigenvalue weighted by molar-refractivity contribution is 0.423. The summed E-state index contributed by atoms with van der Waals surface area (Å²) in [7, 11) is 0. The van der Waals surface area contributed by atoms with Gasteiger partial charge in [0.05, 0.1) is 0 Å². The fourth-order valence-electron chi connectivity index (χ4n) is 2.08. The van der Waals surface area contributed by atoms with Crippen molar-refractivity contribution in [3.8, 4) is 11.6 Å². The van der Waals surface area contributed by atoms with E-state index in [1.807, 2.05) is 19.9 Å². The Labute approximate surface area is 125 Å². The van der Waals surface area contributed by atoms with Crippen molar-refractivity contribution >= 4 is 0 Å². The molecule has 1 unspecified atom stereocenters. The van der Waals surface area contributed by atoms with Crippen molar-refractivity contribution in [3.05, 3.63) is 53.0 Å². The van der Waals surface area contributed by atoms with Crippen LogP contribution in [0.4, 0.5) is 4.39 Å². The SMILES string of the molecule is CCC(N)Cc1cnc(Oc2cc(C)ccc2F)c(C)c1. The predicted molar refractivity (Wildman–Crippen MR) is 82.2 cm³/mol. The van der Waals surface area contributed by atoms with Crippen LogP contribution in [-0.4, -0.2) is 11.0 Å². The van der Waals surface area contributed by atoms with Crippen LogP contribution in [0.15, 0.2) is 30.5 Å². The molecule has 1 atom stereocenters. The molecule has 0 amide bonds. The number of pyridine rings is 1. The highest BCUT2D eigenvalue weighted by molar-refractivity contribution is 5.36. The van der Waals surface area contributed by atoms with Gasteiger partial charge in [0.1, 0.15) is 0 Å². The van der Waals surface area contributed by atoms with Crippen LogP contribution in [-0.2, 0) is 6.42 Å². The maximum atomic E-state index is 13.7. The Morgan fingerprint density at radius 2 is 2.05 bits per heavy atom. The van der Waals surface area contributed by atoms with E-state index in [4.69, 9.17) is 10.5 Å². The van der Waals surface area contributed by atoms with E-state index in [0.717, 1.165) is 29.5 Å². The van der Waals surface area contributed by atoms with E-state index in [-0.39, 0.29) is 17.6 Å². The quantitative estimate of drug-likeness (QED) is 0.907. The first-order valence-corrected chi connectivity index (χ1v) is 7.14. The number of nitrogens with two attached hydrogens (primary N) is 1. The van der Waals surface area contributed by atoms with Gasteiger partial charge in [-0.2, -0.15) is 0 Å². The molecular weight excluding hydrogens is 267 g/mol. The number of ether oxygens (including phenoxy) is 1. The summed E-state index contributed by atoms with van der Waals surface area (Å²) in [6, 6.07) is 6.89. The molecule has 0 spiro atoms. The van der Waals surface area contributed by atoms with E-state index in [2.05, 4.69) is 11.9 Å². The minimum absolute atomic E-state index is 0.132. The summed E-state index contributed by atoms with van der Waals surface area (Å²) in [6.45, 7) is 5.85. The Hall–Kier alpha value is -1.94. The Balaban J connectivity index is 2.19. The fourth-order valence-corrected chi connectivity index (χ4v) is 2.08. The summed E-state index contributed by atoms with van der Waals surface area (Å²) in [5.41, 5.74) is 8.82. The first kappa shape index (κ1) is 15.4. The average molecular weight is 288 g/mol. The van der Waals surface area contributed by atoms with E-state index in [9.17, 15) is 4.39 Å². The van der Waals surface area contributed by atoms with Crippen LogP contribution in [0.25, 0.3) is 0 Å². The standard InChI is InChI=1S/C17H21FN2O/c1-4-14(19)9-13-8-12(3)17(20-10-13)21-16-7-11(2)5-6-15(16)18/h5-8,10,14H,4,9,19H2,1-3H3. The first-order chi connectivity index (χ1) is 9.99. The van der Waals surface area contributed by atoms with Gasteiger partial charge in [-0.05, 0) is 56.0 Å². The number of aryl methyl sites for hydroxylation is 2. The van der Waals surface area contributed by atoms with E-state index in [1.54, 1.807) is 18.3 Å². The smallest absolute Gasteiger partial charge is 0.222 e. The molecule has 2 N–H and O–H groups in total. The van der Waals surface area contributed by atoms with Gasteiger partial charge in [-0.25, -0.2) is 9.37 Å². The topological polar surface area (TPSA) is 48.1 Å². The molecule has 0 aliphatic carbocycles. The van der Waals surface area contributed by atoms with Crippen molar-refractivity contribution in [2.45, 2.75) is 39.7 Å². The number of halogens is 1. The second-order valence-electron chi connectivity index (χ2n) is 5.37. The molecule has 0 aliphatic rings. The Bertz CT molecular complexity index is 628. The third-order valence-electron chi connectivity index (χ3n) is 3.40. The summed E-state index contributed by atoms with van der Waals surface area (Å²) in [5, 5.41) is 0. The second kappa shape index (κ2) is 6.68. The number of nitrogens with zero attached hydrogens (tertiary/aromatic N) is 1. The minimum Gasteiger partial charge on any atom is -0.436 e. The molecule has 0 aliphatic heterocycles. The summed E-state index contributed by atoms with van der Waals surface area (Å²) >= 11 is 0. The molecular formula is C17H21FN2O. The number of aromatic nitrogens is 1. The molecule has 1 aromatic carbocycles. The number of benzene rings is 1. The molecule has 0 radical (unpaired) electrons. The fraction of sp³-hybridized carbons (Fsp3) is 0.353. The summed E-state index contributed by atoms with van der Waals surface area (Å²) in [5.74, 6) is 0.232. The molecule has 0 bridgehead atoms. The molecule has 4 heteroatoms. The lowest BCUT2D eigenvalue weighted by atomic mass is 10.1. The summed E-state index contributed by atoms with van der Waals surface area (Å²) < 4.78 is 19.3. The van der Waals surface area contributed by atoms with Crippen molar-refractivity contribution in [3.63, 3.8) is 0 Å². The van der Waals surface area contributed by atoms with E-state index < -0.39 is 0 Å². The molecule has 112 valence electrons. The third-order valence-corrected chi connectivity index (χ3v) is 3.40. The molecule has 1 heterocycles. The predicted octanol–water partition coefficient (Wildman–Crippen LogP) is 3.91. The highest BCUT2D eigenvalue weighted by Crippen LogP contribution is 2.26.